The maximum Gasteiger partial charge on any atom is 0.0702 e. The highest BCUT2D eigenvalue weighted by Gasteiger charge is 2.18. The van der Waals surface area contributed by atoms with Gasteiger partial charge in [0.15, 0.2) is 0 Å². The smallest absolute Gasteiger partial charge is 0.0702 e. The van der Waals surface area contributed by atoms with Gasteiger partial charge in [0.05, 0.1) is 19.3 Å². The van der Waals surface area contributed by atoms with E-state index in [1.54, 1.807) is 0 Å². The predicted molar refractivity (Wildman–Crippen MR) is 71.4 cm³/mol. The first-order chi connectivity index (χ1) is 8.36. The minimum absolute atomic E-state index is 0.453. The molecule has 3 heteroatoms. The van der Waals surface area contributed by atoms with Gasteiger partial charge in [0.1, 0.15) is 0 Å². The van der Waals surface area contributed by atoms with E-state index in [0.29, 0.717) is 6.10 Å². The van der Waals surface area contributed by atoms with E-state index in [2.05, 4.69) is 18.7 Å². The van der Waals surface area contributed by atoms with Gasteiger partial charge in [-0.3, -0.25) is 4.90 Å². The van der Waals surface area contributed by atoms with Crippen molar-refractivity contribution in [2.24, 2.45) is 0 Å². The molecule has 1 atom stereocenters. The fourth-order valence-corrected chi connectivity index (χ4v) is 2.23. The maximum absolute atomic E-state index is 5.73. The molecule has 3 nitrogen and oxygen atoms in total. The number of hydrogen-bond acceptors (Lipinski definition) is 3. The first-order valence-electron chi connectivity index (χ1n) is 7.28. The summed E-state index contributed by atoms with van der Waals surface area (Å²) in [4.78, 5) is 2.48. The van der Waals surface area contributed by atoms with Gasteiger partial charge < -0.3 is 9.47 Å². The van der Waals surface area contributed by atoms with Crippen LogP contribution in [0.25, 0.3) is 0 Å². The minimum Gasteiger partial charge on any atom is -0.380 e. The molecule has 0 N–H and O–H groups in total. The van der Waals surface area contributed by atoms with Gasteiger partial charge in [-0.1, -0.05) is 33.1 Å². The van der Waals surface area contributed by atoms with E-state index in [4.69, 9.17) is 9.47 Å². The van der Waals surface area contributed by atoms with E-state index >= 15 is 0 Å². The molecule has 0 spiro atoms. The molecule has 0 amide bonds. The Kier molecular flexibility index (Phi) is 8.67. The number of morpholine rings is 1. The Bertz CT molecular complexity index is 174. The van der Waals surface area contributed by atoms with Crippen LogP contribution < -0.4 is 0 Å². The molecule has 0 bridgehead atoms. The highest BCUT2D eigenvalue weighted by atomic mass is 16.5. The summed E-state index contributed by atoms with van der Waals surface area (Å²) >= 11 is 0. The minimum atomic E-state index is 0.453. The SMILES string of the molecule is CCCCCOCCN1CCOC(CCC)C1. The zero-order valence-electron chi connectivity index (χ0n) is 11.6. The van der Waals surface area contributed by atoms with Gasteiger partial charge in [0, 0.05) is 26.2 Å². The van der Waals surface area contributed by atoms with Crippen LogP contribution >= 0.6 is 0 Å². The zero-order valence-corrected chi connectivity index (χ0v) is 11.6. The summed E-state index contributed by atoms with van der Waals surface area (Å²) in [7, 11) is 0. The standard InChI is InChI=1S/C14H29NO2/c1-3-5-6-10-16-11-8-15-9-12-17-14(13-15)7-4-2/h14H,3-13H2,1-2H3. The second kappa shape index (κ2) is 9.86. The van der Waals surface area contributed by atoms with Gasteiger partial charge in [0.2, 0.25) is 0 Å². The average molecular weight is 243 g/mol. The average Bonchev–Trinajstić information content (AvgIpc) is 2.35. The molecule has 0 aromatic heterocycles. The Morgan fingerprint density at radius 3 is 2.82 bits per heavy atom. The van der Waals surface area contributed by atoms with Crippen LogP contribution in [-0.4, -0.2) is 50.5 Å². The van der Waals surface area contributed by atoms with Crippen molar-refractivity contribution in [2.75, 3.05) is 39.5 Å². The van der Waals surface area contributed by atoms with Crippen LogP contribution in [0.15, 0.2) is 0 Å². The molecule has 1 fully saturated rings. The number of hydrogen-bond donors (Lipinski definition) is 0. The Balaban J connectivity index is 1.98. The lowest BCUT2D eigenvalue weighted by Gasteiger charge is -2.32. The van der Waals surface area contributed by atoms with Crippen molar-refractivity contribution >= 4 is 0 Å². The fraction of sp³-hybridized carbons (Fsp3) is 1.00. The monoisotopic (exact) mass is 243 g/mol. The van der Waals surface area contributed by atoms with Crippen LogP contribution in [0.4, 0.5) is 0 Å². The molecule has 102 valence electrons. The Morgan fingerprint density at radius 1 is 1.18 bits per heavy atom. The molecular weight excluding hydrogens is 214 g/mol. The van der Waals surface area contributed by atoms with Crippen molar-refractivity contribution in [1.82, 2.24) is 4.90 Å². The molecular formula is C14H29NO2. The van der Waals surface area contributed by atoms with Gasteiger partial charge in [-0.05, 0) is 12.8 Å². The topological polar surface area (TPSA) is 21.7 Å². The summed E-state index contributed by atoms with van der Waals surface area (Å²) in [5.41, 5.74) is 0. The summed E-state index contributed by atoms with van der Waals surface area (Å²) in [5, 5.41) is 0. The summed E-state index contributed by atoms with van der Waals surface area (Å²) in [6.07, 6.45) is 6.62. The van der Waals surface area contributed by atoms with Crippen LogP contribution in [0.2, 0.25) is 0 Å². The van der Waals surface area contributed by atoms with Crippen LogP contribution in [-0.2, 0) is 9.47 Å². The lowest BCUT2D eigenvalue weighted by molar-refractivity contribution is -0.0396. The van der Waals surface area contributed by atoms with Gasteiger partial charge in [-0.2, -0.15) is 0 Å². The third kappa shape index (κ3) is 7.02. The highest BCUT2D eigenvalue weighted by Crippen LogP contribution is 2.09. The van der Waals surface area contributed by atoms with E-state index in [1.807, 2.05) is 0 Å². The van der Waals surface area contributed by atoms with Crippen molar-refractivity contribution in [3.63, 3.8) is 0 Å². The summed E-state index contributed by atoms with van der Waals surface area (Å²) in [6, 6.07) is 0. The molecule has 1 aliphatic heterocycles. The van der Waals surface area contributed by atoms with Crippen molar-refractivity contribution in [2.45, 2.75) is 52.1 Å². The number of nitrogens with zero attached hydrogens (tertiary/aromatic N) is 1. The maximum atomic E-state index is 5.73. The highest BCUT2D eigenvalue weighted by molar-refractivity contribution is 4.70. The van der Waals surface area contributed by atoms with Gasteiger partial charge >= 0.3 is 0 Å². The Labute approximate surface area is 106 Å². The van der Waals surface area contributed by atoms with E-state index < -0.39 is 0 Å². The predicted octanol–water partition coefficient (Wildman–Crippen LogP) is 2.69. The lowest BCUT2D eigenvalue weighted by atomic mass is 10.2. The Hall–Kier alpha value is -0.120. The molecule has 1 saturated heterocycles. The van der Waals surface area contributed by atoms with Gasteiger partial charge in [0.25, 0.3) is 0 Å². The number of ether oxygens (including phenoxy) is 2. The molecule has 1 aliphatic rings. The second-order valence-corrected chi connectivity index (χ2v) is 4.90. The van der Waals surface area contributed by atoms with E-state index in [9.17, 15) is 0 Å². The molecule has 0 radical (unpaired) electrons. The summed E-state index contributed by atoms with van der Waals surface area (Å²) in [6.45, 7) is 10.4. The van der Waals surface area contributed by atoms with Crippen molar-refractivity contribution < 1.29 is 9.47 Å². The van der Waals surface area contributed by atoms with Crippen LogP contribution in [0.3, 0.4) is 0 Å². The molecule has 0 aromatic carbocycles. The van der Waals surface area contributed by atoms with Gasteiger partial charge in [-0.25, -0.2) is 0 Å². The first-order valence-corrected chi connectivity index (χ1v) is 7.28. The second-order valence-electron chi connectivity index (χ2n) is 4.90. The fourth-order valence-electron chi connectivity index (χ4n) is 2.23. The number of rotatable bonds is 9. The molecule has 17 heavy (non-hydrogen) atoms. The molecule has 0 aromatic rings. The lowest BCUT2D eigenvalue weighted by Crippen LogP contribution is -2.43. The first kappa shape index (κ1) is 14.9. The van der Waals surface area contributed by atoms with Crippen LogP contribution in [0.5, 0.6) is 0 Å². The third-order valence-corrected chi connectivity index (χ3v) is 3.28. The van der Waals surface area contributed by atoms with Gasteiger partial charge in [-0.15, -0.1) is 0 Å². The van der Waals surface area contributed by atoms with Crippen LogP contribution in [0.1, 0.15) is 46.0 Å². The number of unbranched alkanes of at least 4 members (excludes halogenated alkanes) is 2. The summed E-state index contributed by atoms with van der Waals surface area (Å²) < 4.78 is 11.4. The van der Waals surface area contributed by atoms with Crippen molar-refractivity contribution in [1.29, 1.82) is 0 Å². The third-order valence-electron chi connectivity index (χ3n) is 3.28. The largest absolute Gasteiger partial charge is 0.380 e. The molecule has 0 aliphatic carbocycles. The summed E-state index contributed by atoms with van der Waals surface area (Å²) in [5.74, 6) is 0. The normalized spacial score (nSPS) is 21.9. The Morgan fingerprint density at radius 2 is 2.06 bits per heavy atom. The molecule has 1 unspecified atom stereocenters. The van der Waals surface area contributed by atoms with E-state index in [0.717, 1.165) is 39.5 Å². The molecule has 0 saturated carbocycles. The zero-order chi connectivity index (χ0) is 12.3. The van der Waals surface area contributed by atoms with Crippen LogP contribution in [0, 0.1) is 0 Å². The van der Waals surface area contributed by atoms with Crippen molar-refractivity contribution in [3.8, 4) is 0 Å². The van der Waals surface area contributed by atoms with E-state index in [1.165, 1.54) is 32.1 Å². The van der Waals surface area contributed by atoms with E-state index in [-0.39, 0.29) is 0 Å². The quantitative estimate of drug-likeness (QED) is 0.581. The van der Waals surface area contributed by atoms with Crippen molar-refractivity contribution in [3.05, 3.63) is 0 Å². The molecule has 1 heterocycles. The molecule has 1 rings (SSSR count).